The third-order valence-electron chi connectivity index (χ3n) is 2.51. The zero-order chi connectivity index (χ0) is 13.2. The van der Waals surface area contributed by atoms with Gasteiger partial charge in [0.25, 0.3) is 0 Å². The fourth-order valence-electron chi connectivity index (χ4n) is 1.69. The third-order valence-corrected chi connectivity index (χ3v) is 2.51. The number of nitrogens with one attached hydrogen (secondary N) is 1. The van der Waals surface area contributed by atoms with Crippen LogP contribution < -0.4 is 5.32 Å². The van der Waals surface area contributed by atoms with Crippen LogP contribution in [0.5, 0.6) is 0 Å². The SMILES string of the molecule is COCc1cccc(CNCCOCC(C)C)c1. The van der Waals surface area contributed by atoms with Crippen molar-refractivity contribution in [3.8, 4) is 0 Å². The first kappa shape index (κ1) is 15.2. The highest BCUT2D eigenvalue weighted by molar-refractivity contribution is 5.22. The topological polar surface area (TPSA) is 30.5 Å². The monoisotopic (exact) mass is 251 g/mol. The molecule has 1 N–H and O–H groups in total. The van der Waals surface area contributed by atoms with Gasteiger partial charge in [0.2, 0.25) is 0 Å². The van der Waals surface area contributed by atoms with Crippen molar-refractivity contribution in [2.75, 3.05) is 26.9 Å². The van der Waals surface area contributed by atoms with Crippen molar-refractivity contribution >= 4 is 0 Å². The third kappa shape index (κ3) is 6.74. The fraction of sp³-hybridized carbons (Fsp3) is 0.600. The molecule has 3 nitrogen and oxygen atoms in total. The summed E-state index contributed by atoms with van der Waals surface area (Å²) in [6.07, 6.45) is 0. The summed E-state index contributed by atoms with van der Waals surface area (Å²) in [6, 6.07) is 8.45. The largest absolute Gasteiger partial charge is 0.380 e. The number of rotatable bonds is 9. The molecule has 0 aromatic heterocycles. The first-order valence-electron chi connectivity index (χ1n) is 6.57. The summed E-state index contributed by atoms with van der Waals surface area (Å²) in [5.74, 6) is 0.607. The Kier molecular flexibility index (Phi) is 7.65. The molecule has 1 aromatic carbocycles. The van der Waals surface area contributed by atoms with Crippen LogP contribution in [0.3, 0.4) is 0 Å². The van der Waals surface area contributed by atoms with E-state index in [4.69, 9.17) is 9.47 Å². The predicted octanol–water partition coefficient (Wildman–Crippen LogP) is 2.60. The first-order valence-corrected chi connectivity index (χ1v) is 6.57. The van der Waals surface area contributed by atoms with Crippen LogP contribution in [-0.2, 0) is 22.6 Å². The van der Waals surface area contributed by atoms with E-state index < -0.39 is 0 Å². The summed E-state index contributed by atoms with van der Waals surface area (Å²) in [7, 11) is 1.72. The van der Waals surface area contributed by atoms with E-state index in [-0.39, 0.29) is 0 Å². The molecule has 1 rings (SSSR count). The highest BCUT2D eigenvalue weighted by Crippen LogP contribution is 2.06. The zero-order valence-corrected chi connectivity index (χ0v) is 11.7. The molecule has 0 heterocycles. The number of ether oxygens (including phenoxy) is 2. The Hall–Kier alpha value is -0.900. The van der Waals surface area contributed by atoms with E-state index >= 15 is 0 Å². The van der Waals surface area contributed by atoms with Crippen molar-refractivity contribution in [1.29, 1.82) is 0 Å². The lowest BCUT2D eigenvalue weighted by Crippen LogP contribution is -2.20. The van der Waals surface area contributed by atoms with Crippen LogP contribution in [0.1, 0.15) is 25.0 Å². The first-order chi connectivity index (χ1) is 8.72. The number of hydrogen-bond donors (Lipinski definition) is 1. The van der Waals surface area contributed by atoms with E-state index in [0.717, 1.165) is 26.3 Å². The molecular formula is C15H25NO2. The lowest BCUT2D eigenvalue weighted by atomic mass is 10.1. The predicted molar refractivity (Wildman–Crippen MR) is 74.5 cm³/mol. The summed E-state index contributed by atoms with van der Waals surface area (Å²) in [6.45, 7) is 8.37. The molecule has 0 aliphatic carbocycles. The van der Waals surface area contributed by atoms with Gasteiger partial charge >= 0.3 is 0 Å². The molecule has 0 atom stereocenters. The molecular weight excluding hydrogens is 226 g/mol. The number of benzene rings is 1. The minimum atomic E-state index is 0.607. The maximum atomic E-state index is 5.51. The van der Waals surface area contributed by atoms with E-state index in [9.17, 15) is 0 Å². The molecule has 0 radical (unpaired) electrons. The minimum Gasteiger partial charge on any atom is -0.380 e. The summed E-state index contributed by atoms with van der Waals surface area (Å²) >= 11 is 0. The standard InChI is InChI=1S/C15H25NO2/c1-13(2)11-18-8-7-16-10-14-5-4-6-15(9-14)12-17-3/h4-6,9,13,16H,7-8,10-12H2,1-3H3. The molecule has 0 saturated carbocycles. The molecule has 0 fully saturated rings. The average Bonchev–Trinajstić information content (AvgIpc) is 2.34. The number of methoxy groups -OCH3 is 1. The van der Waals surface area contributed by atoms with Gasteiger partial charge in [-0.1, -0.05) is 38.1 Å². The highest BCUT2D eigenvalue weighted by Gasteiger charge is 1.97. The lowest BCUT2D eigenvalue weighted by molar-refractivity contribution is 0.111. The zero-order valence-electron chi connectivity index (χ0n) is 11.7. The van der Waals surface area contributed by atoms with E-state index in [1.807, 2.05) is 0 Å². The summed E-state index contributed by atoms with van der Waals surface area (Å²) in [5.41, 5.74) is 2.50. The number of hydrogen-bond acceptors (Lipinski definition) is 3. The molecule has 0 aliphatic heterocycles. The van der Waals surface area contributed by atoms with Crippen molar-refractivity contribution < 1.29 is 9.47 Å². The molecule has 0 amide bonds. The molecule has 0 unspecified atom stereocenters. The van der Waals surface area contributed by atoms with Gasteiger partial charge in [-0.25, -0.2) is 0 Å². The summed E-state index contributed by atoms with van der Waals surface area (Å²) < 4.78 is 10.6. The molecule has 18 heavy (non-hydrogen) atoms. The van der Waals surface area contributed by atoms with E-state index in [2.05, 4.69) is 43.4 Å². The minimum absolute atomic E-state index is 0.607. The maximum absolute atomic E-state index is 5.51. The van der Waals surface area contributed by atoms with Gasteiger partial charge in [0.05, 0.1) is 13.2 Å². The Balaban J connectivity index is 2.16. The molecule has 0 spiro atoms. The van der Waals surface area contributed by atoms with Crippen LogP contribution in [0.15, 0.2) is 24.3 Å². The van der Waals surface area contributed by atoms with Gasteiger partial charge in [-0.05, 0) is 17.0 Å². The lowest BCUT2D eigenvalue weighted by Gasteiger charge is -2.09. The Morgan fingerprint density at radius 2 is 2.00 bits per heavy atom. The van der Waals surface area contributed by atoms with Gasteiger partial charge in [-0.15, -0.1) is 0 Å². The van der Waals surface area contributed by atoms with Crippen LogP contribution in [-0.4, -0.2) is 26.9 Å². The smallest absolute Gasteiger partial charge is 0.0713 e. The molecule has 0 bridgehead atoms. The summed E-state index contributed by atoms with van der Waals surface area (Å²) in [4.78, 5) is 0. The fourth-order valence-corrected chi connectivity index (χ4v) is 1.69. The van der Waals surface area contributed by atoms with Crippen molar-refractivity contribution in [2.24, 2.45) is 5.92 Å². The second kappa shape index (κ2) is 9.09. The average molecular weight is 251 g/mol. The molecule has 1 aromatic rings. The van der Waals surface area contributed by atoms with Crippen LogP contribution in [0.2, 0.25) is 0 Å². The van der Waals surface area contributed by atoms with Gasteiger partial charge in [0.1, 0.15) is 0 Å². The van der Waals surface area contributed by atoms with Crippen LogP contribution >= 0.6 is 0 Å². The Morgan fingerprint density at radius 3 is 2.72 bits per heavy atom. The summed E-state index contributed by atoms with van der Waals surface area (Å²) in [5, 5.41) is 3.38. The van der Waals surface area contributed by atoms with E-state index in [1.54, 1.807) is 7.11 Å². The van der Waals surface area contributed by atoms with E-state index in [1.165, 1.54) is 11.1 Å². The normalized spacial score (nSPS) is 11.1. The Labute approximate surface area is 110 Å². The van der Waals surface area contributed by atoms with Crippen molar-refractivity contribution in [2.45, 2.75) is 27.0 Å². The van der Waals surface area contributed by atoms with Gasteiger partial charge in [-0.2, -0.15) is 0 Å². The second-order valence-electron chi connectivity index (χ2n) is 4.90. The van der Waals surface area contributed by atoms with Crippen LogP contribution in [0.25, 0.3) is 0 Å². The van der Waals surface area contributed by atoms with Crippen molar-refractivity contribution in [1.82, 2.24) is 5.32 Å². The molecule has 3 heteroatoms. The van der Waals surface area contributed by atoms with Crippen LogP contribution in [0, 0.1) is 5.92 Å². The quantitative estimate of drug-likeness (QED) is 0.684. The Bertz CT molecular complexity index is 326. The highest BCUT2D eigenvalue weighted by atomic mass is 16.5. The van der Waals surface area contributed by atoms with Crippen molar-refractivity contribution in [3.05, 3.63) is 35.4 Å². The van der Waals surface area contributed by atoms with Crippen LogP contribution in [0.4, 0.5) is 0 Å². The Morgan fingerprint density at radius 1 is 1.22 bits per heavy atom. The molecule has 0 saturated heterocycles. The van der Waals surface area contributed by atoms with Gasteiger partial charge in [0.15, 0.2) is 0 Å². The van der Waals surface area contributed by atoms with Gasteiger partial charge in [0, 0.05) is 26.8 Å². The van der Waals surface area contributed by atoms with Crippen molar-refractivity contribution in [3.63, 3.8) is 0 Å². The maximum Gasteiger partial charge on any atom is 0.0713 e. The van der Waals surface area contributed by atoms with E-state index in [0.29, 0.717) is 12.5 Å². The molecule has 102 valence electrons. The molecule has 0 aliphatic rings. The van der Waals surface area contributed by atoms with Gasteiger partial charge < -0.3 is 14.8 Å². The second-order valence-corrected chi connectivity index (χ2v) is 4.90. The van der Waals surface area contributed by atoms with Gasteiger partial charge in [-0.3, -0.25) is 0 Å².